The van der Waals surface area contributed by atoms with Crippen LogP contribution in [0.25, 0.3) is 0 Å². The van der Waals surface area contributed by atoms with Crippen LogP contribution in [0, 0.1) is 71.0 Å². The molecule has 0 aromatic heterocycles. The molecule has 0 aromatic carbocycles. The fourth-order valence-electron chi connectivity index (χ4n) is 8.66. The van der Waals surface area contributed by atoms with Crippen molar-refractivity contribution in [3.05, 3.63) is 0 Å². The van der Waals surface area contributed by atoms with E-state index in [4.69, 9.17) is 20.3 Å². The second-order valence-corrected chi connectivity index (χ2v) is 17.2. The van der Waals surface area contributed by atoms with Crippen molar-refractivity contribution in [1.29, 1.82) is 0 Å². The zero-order valence-corrected chi connectivity index (χ0v) is 34.8. The molecule has 3 aliphatic rings. The topological polar surface area (TPSA) is 148 Å². The van der Waals surface area contributed by atoms with Crippen molar-refractivity contribution in [3.63, 3.8) is 0 Å². The van der Waals surface area contributed by atoms with Gasteiger partial charge in [-0.1, -0.05) is 88.5 Å². The van der Waals surface area contributed by atoms with Crippen molar-refractivity contribution in [2.45, 2.75) is 140 Å². The van der Waals surface area contributed by atoms with E-state index < -0.39 is 5.97 Å². The normalized spacial score (nSPS) is 29.1. The lowest BCUT2D eigenvalue weighted by molar-refractivity contribution is -0.146. The van der Waals surface area contributed by atoms with Crippen molar-refractivity contribution in [2.24, 2.45) is 76.7 Å². The molecule has 3 fully saturated rings. The molecule has 0 amide bonds. The summed E-state index contributed by atoms with van der Waals surface area (Å²) >= 11 is 0. The van der Waals surface area contributed by atoms with Crippen LogP contribution in [0.1, 0.15) is 140 Å². The number of nitrogens with two attached hydrogens (primary N) is 1. The van der Waals surface area contributed by atoms with E-state index in [2.05, 4.69) is 67.6 Å². The van der Waals surface area contributed by atoms with Crippen LogP contribution in [0.4, 0.5) is 0 Å². The number of carboxylic acids is 1. The van der Waals surface area contributed by atoms with E-state index in [0.29, 0.717) is 74.2 Å². The first kappa shape index (κ1) is 49.3. The zero-order valence-electron chi connectivity index (χ0n) is 34.8. The molecular formula is C42H82N2O7. The lowest BCUT2D eigenvalue weighted by atomic mass is 9.70. The number of likely N-dealkylation sites (N-methyl/N-ethyl adjacent to an activating group) is 1. The minimum Gasteiger partial charge on any atom is -0.481 e. The van der Waals surface area contributed by atoms with Crippen LogP contribution in [-0.2, 0) is 23.9 Å². The van der Waals surface area contributed by atoms with Gasteiger partial charge in [0.1, 0.15) is 0 Å². The minimum absolute atomic E-state index is 0.00534. The van der Waals surface area contributed by atoms with Gasteiger partial charge >= 0.3 is 17.9 Å². The first-order chi connectivity index (χ1) is 24.0. The number of carbonyl (C=O) groups is 3. The molecule has 0 radical (unpaired) electrons. The number of aliphatic carboxylic acids is 1. The Bertz CT molecular complexity index is 927. The van der Waals surface area contributed by atoms with Gasteiger partial charge in [-0.3, -0.25) is 14.4 Å². The Hall–Kier alpha value is -1.71. The first-order valence-electron chi connectivity index (χ1n) is 20.5. The van der Waals surface area contributed by atoms with Crippen LogP contribution >= 0.6 is 0 Å². The van der Waals surface area contributed by atoms with Gasteiger partial charge in [-0.05, 0) is 123 Å². The van der Waals surface area contributed by atoms with Gasteiger partial charge in [-0.2, -0.15) is 0 Å². The number of ether oxygens (including phenoxy) is 2. The molecule has 0 saturated heterocycles. The molecule has 3 aliphatic carbocycles. The summed E-state index contributed by atoms with van der Waals surface area (Å²) in [6.07, 6.45) is 12.5. The highest BCUT2D eigenvalue weighted by Crippen LogP contribution is 2.39. The van der Waals surface area contributed by atoms with Crippen LogP contribution in [0.2, 0.25) is 0 Å². The maximum Gasteiger partial charge on any atom is 0.319 e. The molecule has 51 heavy (non-hydrogen) atoms. The molecule has 0 aliphatic heterocycles. The van der Waals surface area contributed by atoms with Gasteiger partial charge in [-0.25, -0.2) is 0 Å². The first-order valence-corrected chi connectivity index (χ1v) is 20.5. The molecule has 302 valence electrons. The Morgan fingerprint density at radius 3 is 1.35 bits per heavy atom. The van der Waals surface area contributed by atoms with Crippen molar-refractivity contribution >= 4 is 17.9 Å². The summed E-state index contributed by atoms with van der Waals surface area (Å²) < 4.78 is 10.5. The number of rotatable bonds is 13. The zero-order chi connectivity index (χ0) is 39.1. The molecule has 0 spiro atoms. The maximum absolute atomic E-state index is 11.4. The molecule has 9 nitrogen and oxygen atoms in total. The lowest BCUT2D eigenvalue weighted by Gasteiger charge is -2.37. The van der Waals surface area contributed by atoms with E-state index in [1.165, 1.54) is 57.8 Å². The maximum atomic E-state index is 11.4. The highest BCUT2D eigenvalue weighted by molar-refractivity contribution is 5.71. The number of carbonyl (C=O) groups excluding carboxylic acids is 2. The van der Waals surface area contributed by atoms with Crippen molar-refractivity contribution in [2.75, 3.05) is 40.0 Å². The van der Waals surface area contributed by atoms with E-state index in [1.807, 2.05) is 6.92 Å². The summed E-state index contributed by atoms with van der Waals surface area (Å²) in [5.74, 6) is 7.20. The smallest absolute Gasteiger partial charge is 0.319 e. The molecule has 0 unspecified atom stereocenters. The van der Waals surface area contributed by atoms with Gasteiger partial charge in [0, 0.05) is 13.0 Å². The molecule has 0 bridgehead atoms. The third-order valence-corrected chi connectivity index (χ3v) is 11.6. The quantitative estimate of drug-likeness (QED) is 0.138. The van der Waals surface area contributed by atoms with Crippen LogP contribution in [0.15, 0.2) is 0 Å². The Kier molecular flexibility index (Phi) is 26.9. The predicted molar refractivity (Wildman–Crippen MR) is 209 cm³/mol. The summed E-state index contributed by atoms with van der Waals surface area (Å²) in [4.78, 5) is 32.0. The molecule has 3 rings (SSSR count). The summed E-state index contributed by atoms with van der Waals surface area (Å²) in [7, 11) is 1.76. The average Bonchev–Trinajstić information content (AvgIpc) is 3.06. The monoisotopic (exact) mass is 727 g/mol. The van der Waals surface area contributed by atoms with Gasteiger partial charge < -0.3 is 30.7 Å². The molecule has 0 heterocycles. The number of aliphatic hydroxyl groups is 1. The van der Waals surface area contributed by atoms with Gasteiger partial charge in [0.05, 0.1) is 26.3 Å². The van der Waals surface area contributed by atoms with Crippen LogP contribution in [0.5, 0.6) is 0 Å². The molecule has 0 aromatic rings. The molecular weight excluding hydrogens is 644 g/mol. The highest BCUT2D eigenvalue weighted by atomic mass is 16.5. The minimum atomic E-state index is -0.711. The molecule has 9 heteroatoms. The van der Waals surface area contributed by atoms with Crippen LogP contribution in [0.3, 0.4) is 0 Å². The third kappa shape index (κ3) is 21.6. The number of hydrogen-bond acceptors (Lipinski definition) is 8. The van der Waals surface area contributed by atoms with E-state index >= 15 is 0 Å². The Balaban J connectivity index is 0.000000688. The van der Waals surface area contributed by atoms with Gasteiger partial charge in [-0.15, -0.1) is 0 Å². The average molecular weight is 727 g/mol. The highest BCUT2D eigenvalue weighted by Gasteiger charge is 2.33. The summed E-state index contributed by atoms with van der Waals surface area (Å²) in [6.45, 7) is 24.3. The molecule has 5 N–H and O–H groups in total. The number of aliphatic hydroxyl groups excluding tert-OH is 1. The second kappa shape index (κ2) is 27.8. The molecule has 3 saturated carbocycles. The lowest BCUT2D eigenvalue weighted by Crippen LogP contribution is -2.32. The summed E-state index contributed by atoms with van der Waals surface area (Å²) in [6, 6.07) is 0. The fourth-order valence-corrected chi connectivity index (χ4v) is 8.66. The van der Waals surface area contributed by atoms with Crippen LogP contribution < -0.4 is 11.1 Å². The summed E-state index contributed by atoms with van der Waals surface area (Å²) in [5, 5.41) is 20.0. The number of esters is 2. The van der Waals surface area contributed by atoms with Crippen LogP contribution in [-0.4, -0.2) is 68.1 Å². The van der Waals surface area contributed by atoms with Gasteiger partial charge in [0.2, 0.25) is 0 Å². The van der Waals surface area contributed by atoms with E-state index in [0.717, 1.165) is 36.0 Å². The van der Waals surface area contributed by atoms with Gasteiger partial charge in [0.15, 0.2) is 0 Å². The second-order valence-electron chi connectivity index (χ2n) is 17.2. The van der Waals surface area contributed by atoms with Crippen molar-refractivity contribution in [1.82, 2.24) is 5.32 Å². The Morgan fingerprint density at radius 1 is 0.686 bits per heavy atom. The van der Waals surface area contributed by atoms with E-state index in [1.54, 1.807) is 7.05 Å². The predicted octanol–water partition coefficient (Wildman–Crippen LogP) is 8.21. The Labute approximate surface area is 313 Å². The van der Waals surface area contributed by atoms with Crippen molar-refractivity contribution in [3.8, 4) is 0 Å². The van der Waals surface area contributed by atoms with Gasteiger partial charge in [0.25, 0.3) is 0 Å². The largest absolute Gasteiger partial charge is 0.481 e. The number of carboxylic acid groups (broad SMARTS) is 1. The number of hydrogen-bond donors (Lipinski definition) is 4. The van der Waals surface area contributed by atoms with E-state index in [-0.39, 0.29) is 18.5 Å². The fraction of sp³-hybridized carbons (Fsp3) is 0.929. The van der Waals surface area contributed by atoms with E-state index in [9.17, 15) is 19.5 Å². The Morgan fingerprint density at radius 2 is 1.06 bits per heavy atom. The standard InChI is InChI=1S/C14H27NO2.C13H25NO2.C11H22O.C4H8O2/c1-10(2)13-6-5-11(3)7-12(13)9-17-14(16)8-15-4;1-9(2)12-5-4-10(3)6-11(12)8-16-13(15)7-14;1-8(2)11-5-4-9(3)6-10(11)7-12;1-2-3-4(5)6/h10-13,15H,5-9H2,1-4H3;9-12H,4-8,14H2,1-3H3;8-12H,4-7H2,1-3H3;2-3H2,1H3,(H,5,6)/t11-,12+,13+;10-,11+,12+;9-,10+,11+;/m111./s1. The summed E-state index contributed by atoms with van der Waals surface area (Å²) in [5.41, 5.74) is 5.23. The molecule has 9 atom stereocenters. The third-order valence-electron chi connectivity index (χ3n) is 11.6. The van der Waals surface area contributed by atoms with Crippen molar-refractivity contribution < 1.29 is 34.1 Å². The number of nitrogens with one attached hydrogen (secondary N) is 1. The SMILES string of the molecule is CC(C)[C@@H]1CC[C@@H](C)C[C@H]1CO.CC(C)[C@@H]1CC[C@@H](C)C[C@H]1COC(=O)CN.CCCC(=O)O.CNCC(=O)OC[C@@H]1C[C@H](C)CC[C@H]1C(C)C.